The number of nitrogens with one attached hydrogen (secondary N) is 1. The molecule has 1 aliphatic rings. The maximum absolute atomic E-state index is 13.1. The van der Waals surface area contributed by atoms with Crippen molar-refractivity contribution in [1.29, 1.82) is 0 Å². The van der Waals surface area contributed by atoms with Crippen LogP contribution in [-0.4, -0.2) is 25.4 Å². The number of Topliss-reactive ketones (excluding diaryl/α,β-unsaturated/α-hetero) is 1. The summed E-state index contributed by atoms with van der Waals surface area (Å²) in [7, 11) is 0. The van der Waals surface area contributed by atoms with Crippen LogP contribution in [0, 0.1) is 13.8 Å². The van der Waals surface area contributed by atoms with E-state index in [2.05, 4.69) is 57.2 Å². The quantitative estimate of drug-likeness (QED) is 0.856. The lowest BCUT2D eigenvalue weighted by Crippen LogP contribution is -3.13. The lowest BCUT2D eigenvalue weighted by molar-refractivity contribution is -0.889. The SMILES string of the molecule is CC[NH+]1C/C(=C/c2ccccc2C)C(=O)/C(=C/c2ccccc2C)C1. The van der Waals surface area contributed by atoms with Crippen LogP contribution in [0.5, 0.6) is 0 Å². The Labute approximate surface area is 150 Å². The van der Waals surface area contributed by atoms with Crippen LogP contribution in [0.2, 0.25) is 0 Å². The predicted molar refractivity (Wildman–Crippen MR) is 105 cm³/mol. The van der Waals surface area contributed by atoms with E-state index in [1.807, 2.05) is 24.3 Å². The highest BCUT2D eigenvalue weighted by Crippen LogP contribution is 2.19. The molecule has 1 saturated heterocycles. The summed E-state index contributed by atoms with van der Waals surface area (Å²) in [5.41, 5.74) is 6.51. The molecule has 2 aromatic carbocycles. The highest BCUT2D eigenvalue weighted by Gasteiger charge is 2.28. The number of hydrogen-bond acceptors (Lipinski definition) is 1. The molecule has 0 aromatic heterocycles. The molecule has 1 N–H and O–H groups in total. The van der Waals surface area contributed by atoms with Crippen LogP contribution >= 0.6 is 0 Å². The molecular formula is C23H26NO+. The van der Waals surface area contributed by atoms with E-state index in [4.69, 9.17) is 0 Å². The smallest absolute Gasteiger partial charge is 0.196 e. The van der Waals surface area contributed by atoms with Crippen molar-refractivity contribution in [2.75, 3.05) is 19.6 Å². The molecule has 0 spiro atoms. The van der Waals surface area contributed by atoms with E-state index in [0.717, 1.165) is 41.9 Å². The van der Waals surface area contributed by atoms with Gasteiger partial charge in [-0.15, -0.1) is 0 Å². The van der Waals surface area contributed by atoms with Gasteiger partial charge >= 0.3 is 0 Å². The van der Waals surface area contributed by atoms with E-state index in [1.54, 1.807) is 0 Å². The highest BCUT2D eigenvalue weighted by molar-refractivity contribution is 6.14. The number of ketones is 1. The summed E-state index contributed by atoms with van der Waals surface area (Å²) >= 11 is 0. The van der Waals surface area contributed by atoms with Gasteiger partial charge in [-0.3, -0.25) is 4.79 Å². The van der Waals surface area contributed by atoms with Crippen molar-refractivity contribution >= 4 is 17.9 Å². The molecule has 0 saturated carbocycles. The third-order valence-electron chi connectivity index (χ3n) is 5.00. The molecule has 0 bridgehead atoms. The average Bonchev–Trinajstić information content (AvgIpc) is 2.62. The molecular weight excluding hydrogens is 306 g/mol. The summed E-state index contributed by atoms with van der Waals surface area (Å²) in [6.45, 7) is 8.98. The molecule has 0 amide bonds. The van der Waals surface area contributed by atoms with Gasteiger partial charge in [0.05, 0.1) is 17.7 Å². The zero-order valence-corrected chi connectivity index (χ0v) is 15.3. The molecule has 1 fully saturated rings. The molecule has 0 radical (unpaired) electrons. The van der Waals surface area contributed by atoms with E-state index < -0.39 is 0 Å². The number of likely N-dealkylation sites (tertiary alicyclic amines) is 1. The lowest BCUT2D eigenvalue weighted by Gasteiger charge is -2.26. The third-order valence-corrected chi connectivity index (χ3v) is 5.00. The molecule has 25 heavy (non-hydrogen) atoms. The maximum Gasteiger partial charge on any atom is 0.196 e. The van der Waals surface area contributed by atoms with Crippen molar-refractivity contribution in [1.82, 2.24) is 0 Å². The van der Waals surface area contributed by atoms with E-state index in [9.17, 15) is 4.79 Å². The molecule has 2 nitrogen and oxygen atoms in total. The first-order valence-electron chi connectivity index (χ1n) is 8.99. The Morgan fingerprint density at radius 3 is 1.68 bits per heavy atom. The molecule has 0 aliphatic carbocycles. The fourth-order valence-electron chi connectivity index (χ4n) is 3.32. The topological polar surface area (TPSA) is 21.5 Å². The zero-order chi connectivity index (χ0) is 17.8. The molecule has 2 aromatic rings. The average molecular weight is 332 g/mol. The fraction of sp³-hybridized carbons (Fsp3) is 0.261. The number of piperidine rings is 1. The van der Waals surface area contributed by atoms with Crippen molar-refractivity contribution in [2.45, 2.75) is 20.8 Å². The monoisotopic (exact) mass is 332 g/mol. The fourth-order valence-corrected chi connectivity index (χ4v) is 3.32. The van der Waals surface area contributed by atoms with Crippen molar-refractivity contribution in [2.24, 2.45) is 0 Å². The van der Waals surface area contributed by atoms with Crippen LogP contribution in [0.3, 0.4) is 0 Å². The minimum absolute atomic E-state index is 0.198. The summed E-state index contributed by atoms with van der Waals surface area (Å²) in [6, 6.07) is 16.5. The molecule has 128 valence electrons. The summed E-state index contributed by atoms with van der Waals surface area (Å²) in [6.07, 6.45) is 4.16. The van der Waals surface area contributed by atoms with Crippen LogP contribution in [0.15, 0.2) is 59.7 Å². The van der Waals surface area contributed by atoms with Crippen LogP contribution in [0.4, 0.5) is 0 Å². The Hall–Kier alpha value is -2.45. The first-order valence-corrected chi connectivity index (χ1v) is 8.99. The van der Waals surface area contributed by atoms with Gasteiger partial charge in [0.1, 0.15) is 13.1 Å². The summed E-state index contributed by atoms with van der Waals surface area (Å²) in [5, 5.41) is 0. The minimum Gasteiger partial charge on any atom is -0.327 e. The van der Waals surface area contributed by atoms with Crippen molar-refractivity contribution in [3.63, 3.8) is 0 Å². The van der Waals surface area contributed by atoms with Crippen LogP contribution in [0.1, 0.15) is 29.2 Å². The maximum atomic E-state index is 13.1. The standard InChI is InChI=1S/C23H25NO/c1-4-24-15-21(13-19-11-7-5-9-17(19)2)23(25)22(16-24)14-20-12-8-6-10-18(20)3/h5-14H,4,15-16H2,1-3H3/p+1/b21-13-,22-14+. The van der Waals surface area contributed by atoms with E-state index in [1.165, 1.54) is 16.0 Å². The summed E-state index contributed by atoms with van der Waals surface area (Å²) in [5.74, 6) is 0.198. The van der Waals surface area contributed by atoms with Gasteiger partial charge in [0.2, 0.25) is 0 Å². The Morgan fingerprint density at radius 2 is 1.28 bits per heavy atom. The van der Waals surface area contributed by atoms with Crippen LogP contribution < -0.4 is 4.90 Å². The Kier molecular flexibility index (Phi) is 5.30. The van der Waals surface area contributed by atoms with E-state index in [-0.39, 0.29) is 5.78 Å². The Balaban J connectivity index is 2.00. The number of benzene rings is 2. The van der Waals surface area contributed by atoms with Gasteiger partial charge in [0.25, 0.3) is 0 Å². The molecule has 1 heterocycles. The number of carbonyl (C=O) groups excluding carboxylic acids is 1. The zero-order valence-electron chi connectivity index (χ0n) is 15.3. The molecule has 1 unspecified atom stereocenters. The molecule has 2 heteroatoms. The summed E-state index contributed by atoms with van der Waals surface area (Å²) < 4.78 is 0. The first kappa shape index (κ1) is 17.4. The van der Waals surface area contributed by atoms with Gasteiger partial charge in [-0.1, -0.05) is 48.5 Å². The Morgan fingerprint density at radius 1 is 0.840 bits per heavy atom. The van der Waals surface area contributed by atoms with Gasteiger partial charge in [0.15, 0.2) is 5.78 Å². The lowest BCUT2D eigenvalue weighted by atomic mass is 9.93. The van der Waals surface area contributed by atoms with Crippen molar-refractivity contribution in [3.8, 4) is 0 Å². The van der Waals surface area contributed by atoms with E-state index in [0.29, 0.717) is 0 Å². The third kappa shape index (κ3) is 3.97. The van der Waals surface area contributed by atoms with Gasteiger partial charge in [-0.2, -0.15) is 0 Å². The minimum atomic E-state index is 0.198. The first-order chi connectivity index (χ1) is 12.1. The van der Waals surface area contributed by atoms with Crippen molar-refractivity contribution in [3.05, 3.63) is 81.9 Å². The second-order valence-electron chi connectivity index (χ2n) is 6.84. The van der Waals surface area contributed by atoms with Gasteiger partial charge in [0, 0.05) is 0 Å². The van der Waals surface area contributed by atoms with Gasteiger partial charge in [-0.25, -0.2) is 0 Å². The highest BCUT2D eigenvalue weighted by atomic mass is 16.1. The summed E-state index contributed by atoms with van der Waals surface area (Å²) in [4.78, 5) is 14.5. The number of aryl methyl sites for hydroxylation is 2. The van der Waals surface area contributed by atoms with Crippen LogP contribution in [-0.2, 0) is 4.79 Å². The van der Waals surface area contributed by atoms with Crippen LogP contribution in [0.25, 0.3) is 12.2 Å². The molecule has 1 aliphatic heterocycles. The number of carbonyl (C=O) groups is 1. The normalized spacial score (nSPS) is 21.1. The number of likely N-dealkylation sites (N-methyl/N-ethyl adjacent to an activating group) is 1. The number of rotatable bonds is 3. The molecule has 3 rings (SSSR count). The largest absolute Gasteiger partial charge is 0.327 e. The number of quaternary nitrogens is 1. The second-order valence-corrected chi connectivity index (χ2v) is 6.84. The second kappa shape index (κ2) is 7.62. The van der Waals surface area contributed by atoms with Gasteiger partial charge in [-0.05, 0) is 55.2 Å². The predicted octanol–water partition coefficient (Wildman–Crippen LogP) is 3.26. The number of hydrogen-bond donors (Lipinski definition) is 1. The molecule has 1 atom stereocenters. The van der Waals surface area contributed by atoms with Gasteiger partial charge < -0.3 is 4.90 Å². The van der Waals surface area contributed by atoms with Crippen molar-refractivity contribution < 1.29 is 9.69 Å². The van der Waals surface area contributed by atoms with E-state index >= 15 is 0 Å². The Bertz CT molecular complexity index is 777.